The van der Waals surface area contributed by atoms with Gasteiger partial charge in [-0.15, -0.1) is 11.3 Å². The zero-order valence-electron chi connectivity index (χ0n) is 15.3. The van der Waals surface area contributed by atoms with Crippen molar-refractivity contribution in [1.29, 1.82) is 0 Å². The normalized spacial score (nSPS) is 17.4. The number of nitrogens with two attached hydrogens (primary N) is 1. The summed E-state index contributed by atoms with van der Waals surface area (Å²) < 4.78 is 0.716. The quantitative estimate of drug-likeness (QED) is 0.723. The molecule has 0 radical (unpaired) electrons. The minimum absolute atomic E-state index is 0.143. The lowest BCUT2D eigenvalue weighted by Gasteiger charge is -2.22. The molecule has 0 aliphatic carbocycles. The molecule has 3 rings (SSSR count). The first-order valence-electron chi connectivity index (χ1n) is 8.87. The Morgan fingerprint density at radius 3 is 2.71 bits per heavy atom. The van der Waals surface area contributed by atoms with Gasteiger partial charge in [0.25, 0.3) is 5.91 Å². The molecule has 2 N–H and O–H groups in total. The number of carbonyl (C=O) groups is 3. The highest BCUT2D eigenvalue weighted by molar-refractivity contribution is 8.02. The van der Waals surface area contributed by atoms with Crippen LogP contribution in [-0.4, -0.2) is 39.4 Å². The number of halogens is 1. The predicted octanol–water partition coefficient (Wildman–Crippen LogP) is 3.45. The standard InChI is InChI=1S/C19H20ClN3O3S2/c1-11-15(10-16(21)24)28-19(22-11)27-14-4-2-3-9-23(18(14)26)17(25)12-5-7-13(20)8-6-12/h5-8,14H,2-4,9-10H2,1H3,(H2,21,24)/t14-/m1/s1. The second kappa shape index (κ2) is 9.07. The summed E-state index contributed by atoms with van der Waals surface area (Å²) in [7, 11) is 0. The number of hydrogen-bond acceptors (Lipinski definition) is 6. The summed E-state index contributed by atoms with van der Waals surface area (Å²) in [5.41, 5.74) is 6.47. The number of aromatic nitrogens is 1. The highest BCUT2D eigenvalue weighted by atomic mass is 35.5. The lowest BCUT2D eigenvalue weighted by molar-refractivity contribution is -0.127. The monoisotopic (exact) mass is 437 g/mol. The van der Waals surface area contributed by atoms with Crippen molar-refractivity contribution in [2.75, 3.05) is 6.54 Å². The summed E-state index contributed by atoms with van der Waals surface area (Å²) in [6.07, 6.45) is 2.44. The van der Waals surface area contributed by atoms with Crippen LogP contribution in [0.5, 0.6) is 0 Å². The van der Waals surface area contributed by atoms with Crippen LogP contribution in [0.25, 0.3) is 0 Å². The number of thiazole rings is 1. The number of benzene rings is 1. The topological polar surface area (TPSA) is 93.4 Å². The van der Waals surface area contributed by atoms with E-state index in [4.69, 9.17) is 17.3 Å². The van der Waals surface area contributed by atoms with Gasteiger partial charge in [0.15, 0.2) is 4.34 Å². The van der Waals surface area contributed by atoms with Gasteiger partial charge in [0.1, 0.15) is 0 Å². The predicted molar refractivity (Wildman–Crippen MR) is 111 cm³/mol. The maximum absolute atomic E-state index is 13.1. The fraction of sp³-hybridized carbons (Fsp3) is 0.368. The van der Waals surface area contributed by atoms with E-state index >= 15 is 0 Å². The van der Waals surface area contributed by atoms with Crippen molar-refractivity contribution in [3.05, 3.63) is 45.4 Å². The third-order valence-electron chi connectivity index (χ3n) is 4.43. The number of rotatable bonds is 5. The molecule has 0 unspecified atom stereocenters. The molecule has 2 heterocycles. The van der Waals surface area contributed by atoms with Gasteiger partial charge in [0.2, 0.25) is 11.8 Å². The van der Waals surface area contributed by atoms with Gasteiger partial charge in [-0.3, -0.25) is 19.3 Å². The van der Waals surface area contributed by atoms with E-state index in [-0.39, 0.29) is 23.5 Å². The van der Waals surface area contributed by atoms with Gasteiger partial charge in [-0.05, 0) is 44.0 Å². The fourth-order valence-electron chi connectivity index (χ4n) is 2.96. The lowest BCUT2D eigenvalue weighted by Crippen LogP contribution is -2.41. The Morgan fingerprint density at radius 2 is 2.04 bits per heavy atom. The highest BCUT2D eigenvalue weighted by Gasteiger charge is 2.33. The van der Waals surface area contributed by atoms with Crippen LogP contribution in [0.1, 0.15) is 40.2 Å². The summed E-state index contributed by atoms with van der Waals surface area (Å²) >= 11 is 8.62. The number of likely N-dealkylation sites (tertiary alicyclic amines) is 1. The fourth-order valence-corrected chi connectivity index (χ4v) is 5.68. The largest absolute Gasteiger partial charge is 0.369 e. The smallest absolute Gasteiger partial charge is 0.260 e. The van der Waals surface area contributed by atoms with Crippen molar-refractivity contribution in [3.63, 3.8) is 0 Å². The van der Waals surface area contributed by atoms with Gasteiger partial charge in [0, 0.05) is 22.0 Å². The molecule has 6 nitrogen and oxygen atoms in total. The number of carbonyl (C=O) groups excluding carboxylic acids is 3. The van der Waals surface area contributed by atoms with Crippen molar-refractivity contribution >= 4 is 52.4 Å². The Balaban J connectivity index is 1.76. The third-order valence-corrected chi connectivity index (χ3v) is 7.18. The van der Waals surface area contributed by atoms with Crippen molar-refractivity contribution in [2.45, 2.75) is 42.2 Å². The first-order valence-corrected chi connectivity index (χ1v) is 10.9. The average Bonchev–Trinajstić information content (AvgIpc) is 2.87. The molecule has 1 atom stereocenters. The molecule has 1 aromatic carbocycles. The molecule has 9 heteroatoms. The summed E-state index contributed by atoms with van der Waals surface area (Å²) in [6, 6.07) is 6.54. The Hall–Kier alpha value is -1.90. The average molecular weight is 438 g/mol. The Bertz CT molecular complexity index is 898. The van der Waals surface area contributed by atoms with E-state index in [0.717, 1.165) is 23.4 Å². The van der Waals surface area contributed by atoms with Crippen LogP contribution in [0, 0.1) is 6.92 Å². The summed E-state index contributed by atoms with van der Waals surface area (Å²) in [4.78, 5) is 43.7. The number of imide groups is 1. The third kappa shape index (κ3) is 4.92. The minimum Gasteiger partial charge on any atom is -0.369 e. The molecular formula is C19H20ClN3O3S2. The second-order valence-corrected chi connectivity index (χ2v) is 9.51. The van der Waals surface area contributed by atoms with E-state index in [1.54, 1.807) is 24.3 Å². The van der Waals surface area contributed by atoms with E-state index in [9.17, 15) is 14.4 Å². The first-order chi connectivity index (χ1) is 13.3. The van der Waals surface area contributed by atoms with E-state index in [0.29, 0.717) is 27.9 Å². The number of nitrogens with zero attached hydrogens (tertiary/aromatic N) is 2. The van der Waals surface area contributed by atoms with Crippen molar-refractivity contribution < 1.29 is 14.4 Å². The number of hydrogen-bond donors (Lipinski definition) is 1. The molecular weight excluding hydrogens is 418 g/mol. The Morgan fingerprint density at radius 1 is 1.32 bits per heavy atom. The van der Waals surface area contributed by atoms with Gasteiger partial charge < -0.3 is 5.73 Å². The van der Waals surface area contributed by atoms with Crippen molar-refractivity contribution in [3.8, 4) is 0 Å². The second-order valence-electron chi connectivity index (χ2n) is 6.54. The molecule has 1 aliphatic rings. The maximum Gasteiger partial charge on any atom is 0.260 e. The van der Waals surface area contributed by atoms with Gasteiger partial charge in [-0.25, -0.2) is 4.98 Å². The van der Waals surface area contributed by atoms with E-state index < -0.39 is 5.91 Å². The van der Waals surface area contributed by atoms with Crippen molar-refractivity contribution in [1.82, 2.24) is 9.88 Å². The highest BCUT2D eigenvalue weighted by Crippen LogP contribution is 2.34. The molecule has 148 valence electrons. The molecule has 0 bridgehead atoms. The number of amides is 3. The molecule has 28 heavy (non-hydrogen) atoms. The molecule has 0 spiro atoms. The van der Waals surface area contributed by atoms with Crippen LogP contribution in [0.2, 0.25) is 5.02 Å². The number of aryl methyl sites for hydroxylation is 1. The molecule has 1 aliphatic heterocycles. The Labute approximate surface area is 176 Å². The summed E-state index contributed by atoms with van der Waals surface area (Å²) in [6.45, 7) is 2.23. The maximum atomic E-state index is 13.1. The van der Waals surface area contributed by atoms with Crippen LogP contribution < -0.4 is 5.73 Å². The van der Waals surface area contributed by atoms with E-state index in [2.05, 4.69) is 4.98 Å². The summed E-state index contributed by atoms with van der Waals surface area (Å²) in [5.74, 6) is -0.917. The Kier molecular flexibility index (Phi) is 6.74. The van der Waals surface area contributed by atoms with E-state index in [1.165, 1.54) is 28.0 Å². The van der Waals surface area contributed by atoms with Crippen LogP contribution in [0.15, 0.2) is 28.6 Å². The zero-order chi connectivity index (χ0) is 20.3. The zero-order valence-corrected chi connectivity index (χ0v) is 17.7. The lowest BCUT2D eigenvalue weighted by atomic mass is 10.2. The molecule has 1 saturated heterocycles. The van der Waals surface area contributed by atoms with Gasteiger partial charge in [-0.2, -0.15) is 0 Å². The van der Waals surface area contributed by atoms with Gasteiger partial charge >= 0.3 is 0 Å². The van der Waals surface area contributed by atoms with Crippen LogP contribution in [0.4, 0.5) is 0 Å². The van der Waals surface area contributed by atoms with Crippen molar-refractivity contribution in [2.24, 2.45) is 5.73 Å². The summed E-state index contributed by atoms with van der Waals surface area (Å²) in [5, 5.41) is 0.156. The van der Waals surface area contributed by atoms with Gasteiger partial charge in [-0.1, -0.05) is 29.8 Å². The molecule has 1 aromatic heterocycles. The minimum atomic E-state index is -0.409. The molecule has 3 amide bonds. The SMILES string of the molecule is Cc1nc(S[C@@H]2CCCCN(C(=O)c3ccc(Cl)cc3)C2=O)sc1CC(N)=O. The van der Waals surface area contributed by atoms with Gasteiger partial charge in [0.05, 0.1) is 17.4 Å². The van der Waals surface area contributed by atoms with Crippen LogP contribution >= 0.6 is 34.7 Å². The van der Waals surface area contributed by atoms with Crippen LogP contribution in [-0.2, 0) is 16.0 Å². The molecule has 2 aromatic rings. The van der Waals surface area contributed by atoms with Crippen LogP contribution in [0.3, 0.4) is 0 Å². The number of primary amides is 1. The van der Waals surface area contributed by atoms with E-state index in [1.807, 2.05) is 6.92 Å². The molecule has 1 fully saturated rings. The number of thioether (sulfide) groups is 1. The first kappa shape index (κ1) is 20.8. The molecule has 0 saturated carbocycles.